The molecule has 3 heterocycles. The molecular formula is C19H19N5O2S2. The van der Waals surface area contributed by atoms with Crippen molar-refractivity contribution in [2.24, 2.45) is 0 Å². The predicted octanol–water partition coefficient (Wildman–Crippen LogP) is 3.37. The van der Waals surface area contributed by atoms with E-state index in [1.807, 2.05) is 28.7 Å². The Bertz CT molecular complexity index is 1170. The minimum absolute atomic E-state index is 0.0684. The van der Waals surface area contributed by atoms with Crippen molar-refractivity contribution in [3.63, 3.8) is 0 Å². The normalized spacial score (nSPS) is 11.2. The Morgan fingerprint density at radius 2 is 2.18 bits per heavy atom. The smallest absolute Gasteiger partial charge is 0.230 e. The first kappa shape index (κ1) is 18.7. The summed E-state index contributed by atoms with van der Waals surface area (Å²) in [5.74, 6) is 0.958. The zero-order chi connectivity index (χ0) is 19.7. The number of amides is 1. The maximum Gasteiger partial charge on any atom is 0.230 e. The van der Waals surface area contributed by atoms with Crippen LogP contribution in [-0.4, -0.2) is 38.4 Å². The van der Waals surface area contributed by atoms with Crippen LogP contribution < -0.4 is 10.1 Å². The fourth-order valence-electron chi connectivity index (χ4n) is 2.89. The number of aromatic nitrogens is 4. The summed E-state index contributed by atoms with van der Waals surface area (Å²) in [6, 6.07) is 7.63. The van der Waals surface area contributed by atoms with Gasteiger partial charge in [0.15, 0.2) is 10.8 Å². The third-order valence-corrected chi connectivity index (χ3v) is 6.56. The Labute approximate surface area is 170 Å². The molecule has 0 aliphatic carbocycles. The Kier molecular flexibility index (Phi) is 5.19. The lowest BCUT2D eigenvalue weighted by atomic mass is 10.2. The average Bonchev–Trinajstić information content (AvgIpc) is 3.25. The van der Waals surface area contributed by atoms with E-state index in [-0.39, 0.29) is 11.7 Å². The summed E-state index contributed by atoms with van der Waals surface area (Å²) < 4.78 is 7.05. The van der Waals surface area contributed by atoms with Gasteiger partial charge in [-0.25, -0.2) is 4.98 Å². The molecule has 1 amide bonds. The lowest BCUT2D eigenvalue weighted by Crippen LogP contribution is -2.24. The van der Waals surface area contributed by atoms with Gasteiger partial charge in [0.05, 0.1) is 18.2 Å². The molecule has 4 rings (SSSR count). The molecule has 0 spiro atoms. The summed E-state index contributed by atoms with van der Waals surface area (Å²) in [6.45, 7) is 4.60. The van der Waals surface area contributed by atoms with Crippen LogP contribution in [0.3, 0.4) is 0 Å². The molecule has 0 aliphatic heterocycles. The van der Waals surface area contributed by atoms with Crippen LogP contribution in [0.25, 0.3) is 15.9 Å². The van der Waals surface area contributed by atoms with Gasteiger partial charge in [0, 0.05) is 11.4 Å². The molecule has 0 bridgehead atoms. The summed E-state index contributed by atoms with van der Waals surface area (Å²) in [4.78, 5) is 18.9. The number of thiophene rings is 1. The van der Waals surface area contributed by atoms with Crippen molar-refractivity contribution < 1.29 is 9.53 Å². The molecular weight excluding hydrogens is 394 g/mol. The fourth-order valence-corrected chi connectivity index (χ4v) is 4.61. The number of ether oxygens (including phenoxy) is 1. The van der Waals surface area contributed by atoms with Crippen molar-refractivity contribution in [1.29, 1.82) is 0 Å². The van der Waals surface area contributed by atoms with Gasteiger partial charge >= 0.3 is 0 Å². The van der Waals surface area contributed by atoms with Crippen LogP contribution in [-0.2, 0) is 11.3 Å². The molecule has 0 aliphatic rings. The molecule has 9 heteroatoms. The third-order valence-electron chi connectivity index (χ3n) is 4.50. The van der Waals surface area contributed by atoms with Crippen LogP contribution in [0, 0.1) is 13.8 Å². The topological polar surface area (TPSA) is 81.4 Å². The van der Waals surface area contributed by atoms with Gasteiger partial charge in [-0.1, -0.05) is 23.9 Å². The molecule has 0 unspecified atom stereocenters. The molecule has 7 nitrogen and oxygen atoms in total. The molecule has 28 heavy (non-hydrogen) atoms. The highest BCUT2D eigenvalue weighted by Gasteiger charge is 2.16. The van der Waals surface area contributed by atoms with Crippen LogP contribution in [0.4, 0.5) is 0 Å². The van der Waals surface area contributed by atoms with E-state index < -0.39 is 0 Å². The maximum atomic E-state index is 12.2. The molecule has 4 aromatic rings. The molecule has 0 saturated carbocycles. The zero-order valence-corrected chi connectivity index (χ0v) is 17.4. The Morgan fingerprint density at radius 1 is 1.32 bits per heavy atom. The largest absolute Gasteiger partial charge is 0.497 e. The highest BCUT2D eigenvalue weighted by atomic mass is 32.2. The van der Waals surface area contributed by atoms with Gasteiger partial charge in [0.1, 0.15) is 16.9 Å². The molecule has 0 radical (unpaired) electrons. The van der Waals surface area contributed by atoms with E-state index in [4.69, 9.17) is 4.74 Å². The van der Waals surface area contributed by atoms with Gasteiger partial charge in [-0.05, 0) is 37.1 Å². The molecule has 0 saturated heterocycles. The Hall–Kier alpha value is -2.65. The van der Waals surface area contributed by atoms with Crippen LogP contribution in [0.15, 0.2) is 35.7 Å². The van der Waals surface area contributed by atoms with Crippen molar-refractivity contribution in [3.8, 4) is 5.75 Å². The summed E-state index contributed by atoms with van der Waals surface area (Å²) in [5.41, 5.74) is 2.95. The first-order chi connectivity index (χ1) is 13.6. The number of nitrogens with zero attached hydrogens (tertiary/aromatic N) is 4. The lowest BCUT2D eigenvalue weighted by Gasteiger charge is -2.06. The molecule has 3 aromatic heterocycles. The number of benzene rings is 1. The van der Waals surface area contributed by atoms with Gasteiger partial charge in [0.2, 0.25) is 5.91 Å². The predicted molar refractivity (Wildman–Crippen MR) is 111 cm³/mol. The third kappa shape index (κ3) is 3.55. The zero-order valence-electron chi connectivity index (χ0n) is 15.7. The first-order valence-corrected chi connectivity index (χ1v) is 10.5. The van der Waals surface area contributed by atoms with E-state index in [9.17, 15) is 4.79 Å². The second-order valence-electron chi connectivity index (χ2n) is 6.30. The number of methoxy groups -OCH3 is 1. The van der Waals surface area contributed by atoms with E-state index in [1.165, 1.54) is 22.2 Å². The summed E-state index contributed by atoms with van der Waals surface area (Å²) in [7, 11) is 1.62. The lowest BCUT2D eigenvalue weighted by molar-refractivity contribution is -0.118. The quantitative estimate of drug-likeness (QED) is 0.488. The average molecular weight is 414 g/mol. The number of aryl methyl sites for hydroxylation is 2. The number of carbonyl (C=O) groups excluding carboxylic acids is 1. The van der Waals surface area contributed by atoms with Crippen LogP contribution in [0.2, 0.25) is 0 Å². The van der Waals surface area contributed by atoms with Crippen LogP contribution in [0.1, 0.15) is 16.0 Å². The number of thioether (sulfide) groups is 1. The van der Waals surface area contributed by atoms with E-state index in [2.05, 4.69) is 34.3 Å². The SMILES string of the molecule is COc1cccc(CNC(=O)CSc2nnc3c4c(C)c(C)sc4ncn23)c1. The van der Waals surface area contributed by atoms with Crippen molar-refractivity contribution in [3.05, 3.63) is 46.6 Å². The van der Waals surface area contributed by atoms with E-state index in [0.717, 1.165) is 27.2 Å². The highest BCUT2D eigenvalue weighted by molar-refractivity contribution is 7.99. The fraction of sp³-hybridized carbons (Fsp3) is 0.263. The second kappa shape index (κ2) is 7.76. The number of fused-ring (bicyclic) bond motifs is 3. The van der Waals surface area contributed by atoms with Crippen LogP contribution in [0.5, 0.6) is 5.75 Å². The second-order valence-corrected chi connectivity index (χ2v) is 8.45. The van der Waals surface area contributed by atoms with Gasteiger partial charge in [-0.2, -0.15) is 0 Å². The number of hydrogen-bond donors (Lipinski definition) is 1. The minimum atomic E-state index is -0.0684. The summed E-state index contributed by atoms with van der Waals surface area (Å²) in [5, 5.41) is 13.2. The number of nitrogens with one attached hydrogen (secondary N) is 1. The Balaban J connectivity index is 1.43. The number of hydrogen-bond acceptors (Lipinski definition) is 7. The van der Waals surface area contributed by atoms with Crippen molar-refractivity contribution in [2.75, 3.05) is 12.9 Å². The van der Waals surface area contributed by atoms with E-state index >= 15 is 0 Å². The van der Waals surface area contributed by atoms with Crippen molar-refractivity contribution >= 4 is 44.9 Å². The van der Waals surface area contributed by atoms with E-state index in [1.54, 1.807) is 24.8 Å². The van der Waals surface area contributed by atoms with Crippen molar-refractivity contribution in [2.45, 2.75) is 25.5 Å². The number of rotatable bonds is 6. The monoisotopic (exact) mass is 413 g/mol. The van der Waals surface area contributed by atoms with Gasteiger partial charge in [0.25, 0.3) is 0 Å². The van der Waals surface area contributed by atoms with Gasteiger partial charge in [-0.3, -0.25) is 9.20 Å². The summed E-state index contributed by atoms with van der Waals surface area (Å²) in [6.07, 6.45) is 1.73. The molecule has 1 aromatic carbocycles. The molecule has 1 N–H and O–H groups in total. The molecule has 0 fully saturated rings. The van der Waals surface area contributed by atoms with Crippen LogP contribution >= 0.6 is 23.1 Å². The van der Waals surface area contributed by atoms with E-state index in [0.29, 0.717) is 11.7 Å². The summed E-state index contributed by atoms with van der Waals surface area (Å²) >= 11 is 3.00. The van der Waals surface area contributed by atoms with Crippen molar-refractivity contribution in [1.82, 2.24) is 24.9 Å². The molecule has 0 atom stereocenters. The van der Waals surface area contributed by atoms with Gasteiger partial charge in [-0.15, -0.1) is 21.5 Å². The minimum Gasteiger partial charge on any atom is -0.497 e. The molecule has 144 valence electrons. The highest BCUT2D eigenvalue weighted by Crippen LogP contribution is 2.32. The number of carbonyl (C=O) groups is 1. The Morgan fingerprint density at radius 3 is 3.00 bits per heavy atom. The maximum absolute atomic E-state index is 12.2. The standard InChI is InChI=1S/C19H19N5O2S2/c1-11-12(2)28-18-16(11)17-22-23-19(24(17)10-21-18)27-9-15(25)20-8-13-5-4-6-14(7-13)26-3/h4-7,10H,8-9H2,1-3H3,(H,20,25). The first-order valence-electron chi connectivity index (χ1n) is 8.68. The van der Waals surface area contributed by atoms with Gasteiger partial charge < -0.3 is 10.1 Å².